The molecule has 6 heteroatoms. The van der Waals surface area contributed by atoms with Gasteiger partial charge in [0.05, 0.1) is 5.69 Å². The average molecular weight is 779 g/mol. The fourth-order valence-corrected chi connectivity index (χ4v) is 6.60. The molecule has 0 aliphatic carbocycles. The molecule has 1 aromatic heterocycles. The van der Waals surface area contributed by atoms with Gasteiger partial charge in [0.25, 0.3) is 0 Å². The predicted molar refractivity (Wildman–Crippen MR) is 181 cm³/mol. The summed E-state index contributed by atoms with van der Waals surface area (Å²) in [5.74, 6) is 0.873. The van der Waals surface area contributed by atoms with Crippen LogP contribution in [-0.4, -0.2) is 4.98 Å². The van der Waals surface area contributed by atoms with Gasteiger partial charge >= 0.3 is 0 Å². The molecule has 5 aromatic carbocycles. The molecule has 0 atom stereocenters. The normalized spacial score (nSPS) is 13.0. The monoisotopic (exact) mass is 778 g/mol. The van der Waals surface area contributed by atoms with Crippen LogP contribution in [0.5, 0.6) is 0 Å². The summed E-state index contributed by atoms with van der Waals surface area (Å²) in [6.45, 7) is 4.18. The summed E-state index contributed by atoms with van der Waals surface area (Å²) in [5, 5.41) is 0. The van der Waals surface area contributed by atoms with E-state index < -0.39 is 0 Å². The first-order chi connectivity index (χ1) is 21.7. The number of fused-ring (bicyclic) bond motifs is 5. The van der Waals surface area contributed by atoms with Crippen LogP contribution in [0.2, 0.25) is 0 Å². The molecular formula is C39H27N4PtS-3. The summed E-state index contributed by atoms with van der Waals surface area (Å²) < 4.78 is 0. The summed E-state index contributed by atoms with van der Waals surface area (Å²) in [6.07, 6.45) is 6.00. The van der Waals surface area contributed by atoms with Gasteiger partial charge in [0.15, 0.2) is 0 Å². The van der Waals surface area contributed by atoms with Crippen molar-refractivity contribution in [3.05, 3.63) is 164 Å². The molecule has 4 nitrogen and oxygen atoms in total. The smallest absolute Gasteiger partial charge is 0.135 e. The minimum absolute atomic E-state index is 0. The van der Waals surface area contributed by atoms with Gasteiger partial charge in [-0.2, -0.15) is 30.3 Å². The number of aromatic nitrogens is 1. The van der Waals surface area contributed by atoms with Gasteiger partial charge in [-0.15, -0.1) is 51.6 Å². The van der Waals surface area contributed by atoms with Crippen LogP contribution >= 0.6 is 11.8 Å². The van der Waals surface area contributed by atoms with Crippen LogP contribution in [0.4, 0.5) is 28.6 Å². The molecule has 0 spiro atoms. The van der Waals surface area contributed by atoms with Gasteiger partial charge < -0.3 is 14.7 Å². The van der Waals surface area contributed by atoms with Crippen molar-refractivity contribution in [1.82, 2.24) is 4.98 Å². The molecular weight excluding hydrogens is 752 g/mol. The standard InChI is InChI=1S/C39H27N4S.Pt/c1-28-20-21-40-39(24-28)43-37-17-8-7-16-35(37)33-14-5-6-15-34(33)36-19-18-32(26-38(36)43)44-31-13-9-12-30(25-31)42-23-22-41(27-42)29-10-3-2-4-11-29;/h2-24,27H,1H3;/q-3;. The van der Waals surface area contributed by atoms with Gasteiger partial charge in [0, 0.05) is 38.5 Å². The Bertz CT molecular complexity index is 2030. The van der Waals surface area contributed by atoms with Crippen molar-refractivity contribution in [3.63, 3.8) is 0 Å². The predicted octanol–water partition coefficient (Wildman–Crippen LogP) is 10.2. The maximum Gasteiger partial charge on any atom is 0.135 e. The number of anilines is 5. The van der Waals surface area contributed by atoms with E-state index in [0.717, 1.165) is 49.5 Å². The van der Waals surface area contributed by atoms with Crippen LogP contribution in [0.1, 0.15) is 5.56 Å². The van der Waals surface area contributed by atoms with Gasteiger partial charge in [0.2, 0.25) is 0 Å². The first-order valence-electron chi connectivity index (χ1n) is 14.5. The molecule has 0 saturated heterocycles. The number of benzene rings is 5. The Kier molecular flexibility index (Phi) is 8.06. The van der Waals surface area contributed by atoms with Crippen LogP contribution < -0.4 is 14.7 Å². The van der Waals surface area contributed by atoms with Crippen LogP contribution in [0.15, 0.2) is 150 Å². The van der Waals surface area contributed by atoms with E-state index in [2.05, 4.69) is 150 Å². The second-order valence-corrected chi connectivity index (χ2v) is 11.8. The van der Waals surface area contributed by atoms with Gasteiger partial charge in [-0.3, -0.25) is 0 Å². The average Bonchev–Trinajstić information content (AvgIpc) is 3.53. The van der Waals surface area contributed by atoms with E-state index in [1.807, 2.05) is 30.5 Å². The molecule has 0 bridgehead atoms. The van der Waals surface area contributed by atoms with Crippen LogP contribution in [0.3, 0.4) is 0 Å². The second-order valence-electron chi connectivity index (χ2n) is 10.7. The largest absolute Gasteiger partial charge is 0.500 e. The maximum atomic E-state index is 4.84. The van der Waals surface area contributed by atoms with E-state index in [0.29, 0.717) is 0 Å². The van der Waals surface area contributed by atoms with Crippen molar-refractivity contribution >= 4 is 40.3 Å². The third kappa shape index (κ3) is 5.59. The zero-order chi connectivity index (χ0) is 29.5. The third-order valence-electron chi connectivity index (χ3n) is 7.85. The van der Waals surface area contributed by atoms with Crippen molar-refractivity contribution < 1.29 is 21.1 Å². The molecule has 0 saturated carbocycles. The van der Waals surface area contributed by atoms with Crippen molar-refractivity contribution in [3.8, 4) is 22.3 Å². The van der Waals surface area contributed by atoms with Crippen LogP contribution in [0, 0.1) is 25.7 Å². The zero-order valence-corrected chi connectivity index (χ0v) is 27.5. The molecule has 222 valence electrons. The van der Waals surface area contributed by atoms with E-state index in [1.165, 1.54) is 16.7 Å². The molecule has 0 unspecified atom stereocenters. The Hall–Kier alpha value is -4.57. The summed E-state index contributed by atoms with van der Waals surface area (Å²) in [7, 11) is 0. The molecule has 8 rings (SSSR count). The molecule has 0 radical (unpaired) electrons. The summed E-state index contributed by atoms with van der Waals surface area (Å²) in [4.78, 5) is 13.3. The molecule has 0 amide bonds. The Morgan fingerprint density at radius 1 is 0.644 bits per heavy atom. The van der Waals surface area contributed by atoms with Gasteiger partial charge in [-0.05, 0) is 60.8 Å². The molecule has 0 fully saturated rings. The number of hydrogen-bond acceptors (Lipinski definition) is 5. The van der Waals surface area contributed by atoms with Crippen molar-refractivity contribution in [2.75, 3.05) is 14.7 Å². The van der Waals surface area contributed by atoms with Crippen LogP contribution in [0.25, 0.3) is 22.3 Å². The Morgan fingerprint density at radius 3 is 2.18 bits per heavy atom. The third-order valence-corrected chi connectivity index (χ3v) is 8.76. The number of pyridine rings is 1. The van der Waals surface area contributed by atoms with E-state index in [9.17, 15) is 0 Å². The minimum Gasteiger partial charge on any atom is -0.500 e. The van der Waals surface area contributed by atoms with Crippen LogP contribution in [-0.2, 0) is 21.1 Å². The number of rotatable bonds is 5. The van der Waals surface area contributed by atoms with Crippen molar-refractivity contribution in [1.29, 1.82) is 0 Å². The SMILES string of the molecule is Cc1ccnc(N2c3[c-]c(Sc4[c-]c(N5C=CN(c6ccccc6)[CH-]5)ccc4)ccc3-c3ccccc3-c3ccccc32)c1.[Pt]. The molecule has 3 heterocycles. The molecule has 0 N–H and O–H groups in total. The van der Waals surface area contributed by atoms with Gasteiger partial charge in [-0.25, -0.2) is 4.98 Å². The zero-order valence-electron chi connectivity index (χ0n) is 24.4. The van der Waals surface area contributed by atoms with E-state index in [-0.39, 0.29) is 21.1 Å². The molecule has 6 aromatic rings. The van der Waals surface area contributed by atoms with Crippen molar-refractivity contribution in [2.45, 2.75) is 16.7 Å². The second kappa shape index (κ2) is 12.4. The number of nitrogens with zero attached hydrogens (tertiary/aromatic N) is 4. The Balaban J connectivity index is 0.00000325. The van der Waals surface area contributed by atoms with Crippen molar-refractivity contribution in [2.24, 2.45) is 0 Å². The molecule has 2 aliphatic heterocycles. The number of para-hydroxylation sites is 2. The van der Waals surface area contributed by atoms with E-state index in [1.54, 1.807) is 11.8 Å². The fraction of sp³-hybridized carbons (Fsp3) is 0.0256. The Labute approximate surface area is 282 Å². The molecule has 2 aliphatic rings. The topological polar surface area (TPSA) is 22.6 Å². The Morgan fingerprint density at radius 2 is 1.36 bits per heavy atom. The van der Waals surface area contributed by atoms with E-state index >= 15 is 0 Å². The first kappa shape index (κ1) is 29.2. The summed E-state index contributed by atoms with van der Waals surface area (Å²) >= 11 is 1.66. The molecule has 45 heavy (non-hydrogen) atoms. The quantitative estimate of drug-likeness (QED) is 0.162. The summed E-state index contributed by atoms with van der Waals surface area (Å²) in [5.41, 5.74) is 10.0. The number of aryl methyl sites for hydroxylation is 1. The van der Waals surface area contributed by atoms with Gasteiger partial charge in [0.1, 0.15) is 5.82 Å². The fourth-order valence-electron chi connectivity index (χ4n) is 5.78. The van der Waals surface area contributed by atoms with E-state index in [4.69, 9.17) is 4.98 Å². The maximum absolute atomic E-state index is 4.84. The first-order valence-corrected chi connectivity index (χ1v) is 15.4. The van der Waals surface area contributed by atoms with Gasteiger partial charge in [-0.1, -0.05) is 71.9 Å². The number of hydrogen-bond donors (Lipinski definition) is 0. The summed E-state index contributed by atoms with van der Waals surface area (Å²) in [6, 6.07) is 49.8. The minimum atomic E-state index is 0.